The minimum absolute atomic E-state index is 0.0386. The van der Waals surface area contributed by atoms with Crippen LogP contribution >= 0.6 is 11.8 Å². The number of rotatable bonds is 4. The number of hydrogen-bond donors (Lipinski definition) is 0. The maximum absolute atomic E-state index is 13.0. The minimum Gasteiger partial charge on any atom is -0.339 e. The van der Waals surface area contributed by atoms with Gasteiger partial charge in [-0.25, -0.2) is 0 Å². The fraction of sp³-hybridized carbons (Fsp3) is 0.737. The van der Waals surface area contributed by atoms with Crippen LogP contribution in [0.4, 0.5) is 13.2 Å². The van der Waals surface area contributed by atoms with Gasteiger partial charge in [0.15, 0.2) is 0 Å². The summed E-state index contributed by atoms with van der Waals surface area (Å²) in [5, 5.41) is 0. The van der Waals surface area contributed by atoms with Crippen LogP contribution < -0.4 is 0 Å². The average molecular weight is 373 g/mol. The Labute approximate surface area is 151 Å². The van der Waals surface area contributed by atoms with Crippen molar-refractivity contribution in [2.24, 2.45) is 11.8 Å². The zero-order valence-electron chi connectivity index (χ0n) is 14.6. The van der Waals surface area contributed by atoms with Gasteiger partial charge in [0.2, 0.25) is 5.91 Å². The second kappa shape index (κ2) is 7.37. The number of carbonyl (C=O) groups excluding carboxylic acids is 1. The molecule has 1 heterocycles. The highest BCUT2D eigenvalue weighted by Gasteiger charge is 2.46. The lowest BCUT2D eigenvalue weighted by Crippen LogP contribution is -2.40. The molecule has 140 valence electrons. The molecule has 1 amide bonds. The minimum atomic E-state index is -4.28. The largest absolute Gasteiger partial charge is 0.442 e. The van der Waals surface area contributed by atoms with E-state index in [-0.39, 0.29) is 29.5 Å². The third-order valence-corrected chi connectivity index (χ3v) is 6.97. The SMILES string of the molecule is CC1(SC(F)(F)F)C=CC=CC1CC1CCN(C2CCCCC2)C1=O. The number of halogens is 3. The van der Waals surface area contributed by atoms with Gasteiger partial charge in [-0.05, 0) is 50.3 Å². The molecule has 25 heavy (non-hydrogen) atoms. The van der Waals surface area contributed by atoms with Crippen molar-refractivity contribution in [1.29, 1.82) is 0 Å². The number of amides is 1. The highest BCUT2D eigenvalue weighted by molar-refractivity contribution is 8.01. The highest BCUT2D eigenvalue weighted by Crippen LogP contribution is 2.49. The number of thioether (sulfide) groups is 1. The van der Waals surface area contributed by atoms with Crippen LogP contribution in [0.2, 0.25) is 0 Å². The molecule has 1 saturated carbocycles. The number of hydrogen-bond acceptors (Lipinski definition) is 2. The molecule has 0 radical (unpaired) electrons. The average Bonchev–Trinajstić information content (AvgIpc) is 2.90. The second-order valence-corrected chi connectivity index (χ2v) is 9.17. The predicted octanol–water partition coefficient (Wildman–Crippen LogP) is 5.31. The zero-order valence-corrected chi connectivity index (χ0v) is 15.4. The molecule has 2 aliphatic carbocycles. The van der Waals surface area contributed by atoms with Gasteiger partial charge >= 0.3 is 5.51 Å². The molecule has 0 spiro atoms. The quantitative estimate of drug-likeness (QED) is 0.665. The second-order valence-electron chi connectivity index (χ2n) is 7.63. The van der Waals surface area contributed by atoms with Gasteiger partial charge in [-0.15, -0.1) is 0 Å². The fourth-order valence-electron chi connectivity index (χ4n) is 4.47. The van der Waals surface area contributed by atoms with Crippen LogP contribution in [-0.2, 0) is 4.79 Å². The van der Waals surface area contributed by atoms with Crippen molar-refractivity contribution in [3.8, 4) is 0 Å². The van der Waals surface area contributed by atoms with Crippen LogP contribution in [0.3, 0.4) is 0 Å². The van der Waals surface area contributed by atoms with Crippen molar-refractivity contribution in [3.63, 3.8) is 0 Å². The van der Waals surface area contributed by atoms with Crippen molar-refractivity contribution >= 4 is 17.7 Å². The molecule has 0 bridgehead atoms. The van der Waals surface area contributed by atoms with Gasteiger partial charge in [-0.2, -0.15) is 13.2 Å². The maximum atomic E-state index is 13.0. The first-order chi connectivity index (χ1) is 11.8. The van der Waals surface area contributed by atoms with Crippen LogP contribution in [0.15, 0.2) is 24.3 Å². The van der Waals surface area contributed by atoms with Crippen LogP contribution in [-0.4, -0.2) is 33.6 Å². The highest BCUT2D eigenvalue weighted by atomic mass is 32.2. The summed E-state index contributed by atoms with van der Waals surface area (Å²) in [7, 11) is 0. The zero-order chi connectivity index (χ0) is 18.1. The van der Waals surface area contributed by atoms with Crippen molar-refractivity contribution < 1.29 is 18.0 Å². The van der Waals surface area contributed by atoms with Gasteiger partial charge in [-0.3, -0.25) is 4.79 Å². The van der Waals surface area contributed by atoms with Crippen molar-refractivity contribution in [3.05, 3.63) is 24.3 Å². The first-order valence-electron chi connectivity index (χ1n) is 9.22. The van der Waals surface area contributed by atoms with E-state index in [1.165, 1.54) is 19.3 Å². The fourth-order valence-corrected chi connectivity index (χ4v) is 5.45. The van der Waals surface area contributed by atoms with Crippen molar-refractivity contribution in [2.75, 3.05) is 6.54 Å². The molecule has 2 nitrogen and oxygen atoms in total. The third-order valence-electron chi connectivity index (χ3n) is 5.86. The smallest absolute Gasteiger partial charge is 0.339 e. The van der Waals surface area contributed by atoms with E-state index in [0.29, 0.717) is 12.5 Å². The van der Waals surface area contributed by atoms with Gasteiger partial charge in [0.05, 0.1) is 0 Å². The van der Waals surface area contributed by atoms with Gasteiger partial charge in [0.25, 0.3) is 0 Å². The van der Waals surface area contributed by atoms with E-state index in [1.54, 1.807) is 19.1 Å². The lowest BCUT2D eigenvalue weighted by atomic mass is 9.81. The maximum Gasteiger partial charge on any atom is 0.442 e. The Kier molecular flexibility index (Phi) is 5.57. The molecule has 1 saturated heterocycles. The van der Waals surface area contributed by atoms with E-state index in [9.17, 15) is 18.0 Å². The summed E-state index contributed by atoms with van der Waals surface area (Å²) in [5.74, 6) is -0.255. The third kappa shape index (κ3) is 4.44. The van der Waals surface area contributed by atoms with Gasteiger partial charge in [0.1, 0.15) is 0 Å². The van der Waals surface area contributed by atoms with E-state index in [1.807, 2.05) is 17.1 Å². The molecule has 0 N–H and O–H groups in total. The lowest BCUT2D eigenvalue weighted by Gasteiger charge is -2.36. The monoisotopic (exact) mass is 373 g/mol. The summed E-state index contributed by atoms with van der Waals surface area (Å²) in [6.45, 7) is 2.40. The molecule has 0 aromatic heterocycles. The standard InChI is InChI=1S/C19H26F3NOS/c1-18(25-19(20,21)22)11-6-5-7-15(18)13-14-10-12-23(17(14)24)16-8-3-2-4-9-16/h5-7,11,14-16H,2-4,8-10,12-13H2,1H3. The summed E-state index contributed by atoms with van der Waals surface area (Å²) in [4.78, 5) is 14.8. The molecule has 3 unspecified atom stereocenters. The normalized spacial score (nSPS) is 34.1. The number of likely N-dealkylation sites (tertiary alicyclic amines) is 1. The van der Waals surface area contributed by atoms with E-state index in [4.69, 9.17) is 0 Å². The Bertz CT molecular complexity index is 553. The summed E-state index contributed by atoms with van der Waals surface area (Å²) >= 11 is 0.0386. The van der Waals surface area contributed by atoms with E-state index < -0.39 is 10.3 Å². The number of allylic oxidation sites excluding steroid dienone is 3. The Hall–Kier alpha value is -0.910. The molecule has 3 aliphatic rings. The number of carbonyl (C=O) groups is 1. The Morgan fingerprint density at radius 2 is 1.92 bits per heavy atom. The molecular weight excluding hydrogens is 347 g/mol. The van der Waals surface area contributed by atoms with E-state index in [2.05, 4.69) is 0 Å². The first-order valence-corrected chi connectivity index (χ1v) is 10.0. The van der Waals surface area contributed by atoms with Gasteiger partial charge < -0.3 is 4.90 Å². The van der Waals surface area contributed by atoms with Crippen LogP contribution in [0.25, 0.3) is 0 Å². The Balaban J connectivity index is 1.65. The number of nitrogens with zero attached hydrogens (tertiary/aromatic N) is 1. The molecule has 1 aliphatic heterocycles. The lowest BCUT2D eigenvalue weighted by molar-refractivity contribution is -0.133. The summed E-state index contributed by atoms with van der Waals surface area (Å²) < 4.78 is 37.9. The van der Waals surface area contributed by atoms with Crippen LogP contribution in [0, 0.1) is 11.8 Å². The van der Waals surface area contributed by atoms with Crippen molar-refractivity contribution in [2.45, 2.75) is 68.2 Å². The molecule has 3 atom stereocenters. The summed E-state index contributed by atoms with van der Waals surface area (Å²) in [6.07, 6.45) is 14.0. The molecule has 3 rings (SSSR count). The van der Waals surface area contributed by atoms with Crippen molar-refractivity contribution in [1.82, 2.24) is 4.90 Å². The van der Waals surface area contributed by atoms with E-state index >= 15 is 0 Å². The molecular formula is C19H26F3NOS. The summed E-state index contributed by atoms with van der Waals surface area (Å²) in [5.41, 5.74) is -4.28. The predicted molar refractivity (Wildman–Crippen MR) is 95.1 cm³/mol. The number of alkyl halides is 3. The van der Waals surface area contributed by atoms with Crippen LogP contribution in [0.5, 0.6) is 0 Å². The first kappa shape index (κ1) is 18.9. The molecule has 0 aromatic carbocycles. The van der Waals surface area contributed by atoms with Gasteiger partial charge in [0, 0.05) is 23.3 Å². The summed E-state index contributed by atoms with van der Waals surface area (Å²) in [6, 6.07) is 0.351. The molecule has 2 fully saturated rings. The molecule has 6 heteroatoms. The Morgan fingerprint density at radius 3 is 2.60 bits per heavy atom. The topological polar surface area (TPSA) is 20.3 Å². The molecule has 0 aromatic rings. The van der Waals surface area contributed by atoms with E-state index in [0.717, 1.165) is 25.8 Å². The van der Waals surface area contributed by atoms with Crippen LogP contribution in [0.1, 0.15) is 51.9 Å². The Morgan fingerprint density at radius 1 is 1.20 bits per heavy atom. The van der Waals surface area contributed by atoms with Gasteiger partial charge in [-0.1, -0.05) is 43.6 Å².